The van der Waals surface area contributed by atoms with Crippen LogP contribution in [0.1, 0.15) is 11.1 Å². The molecule has 2 rings (SSSR count). The predicted molar refractivity (Wildman–Crippen MR) is 65.0 cm³/mol. The molecule has 0 radical (unpaired) electrons. The van der Waals surface area contributed by atoms with Crippen LogP contribution >= 0.6 is 11.6 Å². The van der Waals surface area contributed by atoms with Gasteiger partial charge in [-0.1, -0.05) is 0 Å². The van der Waals surface area contributed by atoms with E-state index in [4.69, 9.17) is 16.3 Å². The van der Waals surface area contributed by atoms with Crippen LogP contribution in [0.5, 0.6) is 11.6 Å². The number of benzene rings is 1. The lowest BCUT2D eigenvalue weighted by Crippen LogP contribution is -1.94. The Morgan fingerprint density at radius 1 is 1.22 bits per heavy atom. The highest BCUT2D eigenvalue weighted by Gasteiger charge is 2.07. The van der Waals surface area contributed by atoms with E-state index in [-0.39, 0.29) is 5.75 Å². The summed E-state index contributed by atoms with van der Waals surface area (Å²) in [4.78, 5) is 4.07. The highest BCUT2D eigenvalue weighted by Crippen LogP contribution is 2.24. The molecule has 0 unspecified atom stereocenters. The minimum Gasteiger partial charge on any atom is -0.439 e. The Hall–Kier alpha value is -1.68. The summed E-state index contributed by atoms with van der Waals surface area (Å²) in [7, 11) is 0. The molecule has 2 nitrogen and oxygen atoms in total. The van der Waals surface area contributed by atoms with Gasteiger partial charge in [-0.25, -0.2) is 13.8 Å². The Kier molecular flexibility index (Phi) is 3.77. The quantitative estimate of drug-likeness (QED) is 0.779. The average molecular weight is 270 g/mol. The number of pyridine rings is 1. The van der Waals surface area contributed by atoms with Gasteiger partial charge in [-0.05, 0) is 30.7 Å². The molecule has 0 N–H and O–H groups in total. The van der Waals surface area contributed by atoms with E-state index in [9.17, 15) is 8.78 Å². The number of aryl methyl sites for hydroxylation is 1. The summed E-state index contributed by atoms with van der Waals surface area (Å²) in [6.45, 7) is 1.80. The summed E-state index contributed by atoms with van der Waals surface area (Å²) in [5.41, 5.74) is 1.64. The second kappa shape index (κ2) is 5.31. The van der Waals surface area contributed by atoms with E-state index in [1.807, 2.05) is 6.07 Å². The molecule has 0 saturated heterocycles. The van der Waals surface area contributed by atoms with Gasteiger partial charge in [0.2, 0.25) is 5.88 Å². The Labute approximate surface area is 108 Å². The van der Waals surface area contributed by atoms with Crippen LogP contribution in [0.4, 0.5) is 8.78 Å². The van der Waals surface area contributed by atoms with Crippen LogP contribution in [0.25, 0.3) is 0 Å². The Morgan fingerprint density at radius 2 is 2.00 bits per heavy atom. The molecule has 0 amide bonds. The molecule has 0 atom stereocenters. The van der Waals surface area contributed by atoms with Crippen molar-refractivity contribution in [3.8, 4) is 11.6 Å². The van der Waals surface area contributed by atoms with E-state index >= 15 is 0 Å². The molecule has 5 heteroatoms. The van der Waals surface area contributed by atoms with Crippen molar-refractivity contribution in [1.82, 2.24) is 4.98 Å². The standard InChI is InChI=1S/C13H10ClF2NO/c1-8-4-9(6-14)7-17-13(8)18-10-2-3-11(15)12(16)5-10/h2-5,7H,6H2,1H3. The van der Waals surface area contributed by atoms with Crippen molar-refractivity contribution in [2.45, 2.75) is 12.8 Å². The normalized spacial score (nSPS) is 10.4. The van der Waals surface area contributed by atoms with Gasteiger partial charge < -0.3 is 4.74 Å². The van der Waals surface area contributed by atoms with Gasteiger partial charge in [0.05, 0.1) is 0 Å². The summed E-state index contributed by atoms with van der Waals surface area (Å²) in [5.74, 6) is -0.968. The second-order valence-electron chi connectivity index (χ2n) is 3.78. The third-order valence-corrected chi connectivity index (χ3v) is 2.66. The molecule has 0 saturated carbocycles. The lowest BCUT2D eigenvalue weighted by Gasteiger charge is -2.08. The largest absolute Gasteiger partial charge is 0.439 e. The molecular formula is C13H10ClF2NO. The first-order chi connectivity index (χ1) is 8.60. The van der Waals surface area contributed by atoms with Crippen LogP contribution in [0.15, 0.2) is 30.5 Å². The van der Waals surface area contributed by atoms with Gasteiger partial charge in [0.15, 0.2) is 11.6 Å². The highest BCUT2D eigenvalue weighted by molar-refractivity contribution is 6.17. The van der Waals surface area contributed by atoms with Crippen LogP contribution in [0.3, 0.4) is 0 Å². The fourth-order valence-corrected chi connectivity index (χ4v) is 1.60. The molecule has 1 aromatic carbocycles. The first-order valence-electron chi connectivity index (χ1n) is 5.24. The van der Waals surface area contributed by atoms with Gasteiger partial charge in [0.1, 0.15) is 5.75 Å². The monoisotopic (exact) mass is 269 g/mol. The zero-order chi connectivity index (χ0) is 13.1. The van der Waals surface area contributed by atoms with E-state index < -0.39 is 11.6 Å². The van der Waals surface area contributed by atoms with E-state index in [1.54, 1.807) is 13.1 Å². The van der Waals surface area contributed by atoms with Gasteiger partial charge in [-0.2, -0.15) is 0 Å². The predicted octanol–water partition coefficient (Wildman–Crippen LogP) is 4.20. The first-order valence-corrected chi connectivity index (χ1v) is 5.78. The zero-order valence-electron chi connectivity index (χ0n) is 9.58. The number of aromatic nitrogens is 1. The molecule has 2 aromatic rings. The lowest BCUT2D eigenvalue weighted by molar-refractivity contribution is 0.444. The second-order valence-corrected chi connectivity index (χ2v) is 4.04. The molecule has 0 aliphatic heterocycles. The number of nitrogens with zero attached hydrogens (tertiary/aromatic N) is 1. The summed E-state index contributed by atoms with van der Waals surface area (Å²) in [6.07, 6.45) is 1.58. The maximum Gasteiger partial charge on any atom is 0.222 e. The maximum atomic E-state index is 13.0. The number of rotatable bonds is 3. The van der Waals surface area contributed by atoms with Gasteiger partial charge in [-0.15, -0.1) is 11.6 Å². The van der Waals surface area contributed by atoms with E-state index in [0.29, 0.717) is 11.8 Å². The topological polar surface area (TPSA) is 22.1 Å². The van der Waals surface area contributed by atoms with Crippen molar-refractivity contribution in [2.75, 3.05) is 0 Å². The van der Waals surface area contributed by atoms with Crippen molar-refractivity contribution < 1.29 is 13.5 Å². The third kappa shape index (κ3) is 2.76. The van der Waals surface area contributed by atoms with Crippen LogP contribution in [-0.4, -0.2) is 4.98 Å². The molecule has 0 aliphatic rings. The van der Waals surface area contributed by atoms with Gasteiger partial charge in [0, 0.05) is 23.7 Å². The van der Waals surface area contributed by atoms with E-state index in [2.05, 4.69) is 4.98 Å². The highest BCUT2D eigenvalue weighted by atomic mass is 35.5. The average Bonchev–Trinajstić information content (AvgIpc) is 2.36. The number of ether oxygens (including phenoxy) is 1. The number of alkyl halides is 1. The molecule has 0 bridgehead atoms. The zero-order valence-corrected chi connectivity index (χ0v) is 10.3. The fourth-order valence-electron chi connectivity index (χ4n) is 1.45. The van der Waals surface area contributed by atoms with Crippen molar-refractivity contribution in [3.05, 3.63) is 53.2 Å². The van der Waals surface area contributed by atoms with E-state index in [1.165, 1.54) is 6.07 Å². The molecule has 1 aromatic heterocycles. The van der Waals surface area contributed by atoms with Gasteiger partial charge >= 0.3 is 0 Å². The summed E-state index contributed by atoms with van der Waals surface area (Å²) >= 11 is 5.68. The van der Waals surface area contributed by atoms with Crippen molar-refractivity contribution in [2.24, 2.45) is 0 Å². The van der Waals surface area contributed by atoms with Crippen LogP contribution in [-0.2, 0) is 5.88 Å². The summed E-state index contributed by atoms with van der Waals surface area (Å²) < 4.78 is 31.1. The van der Waals surface area contributed by atoms with Crippen LogP contribution < -0.4 is 4.74 Å². The molecular weight excluding hydrogens is 260 g/mol. The fraction of sp³-hybridized carbons (Fsp3) is 0.154. The molecule has 18 heavy (non-hydrogen) atoms. The number of halogens is 3. The molecule has 0 aliphatic carbocycles. The van der Waals surface area contributed by atoms with Crippen LogP contribution in [0.2, 0.25) is 0 Å². The Bertz CT molecular complexity index is 575. The van der Waals surface area contributed by atoms with Crippen molar-refractivity contribution in [3.63, 3.8) is 0 Å². The molecule has 0 fully saturated rings. The Balaban J connectivity index is 2.25. The van der Waals surface area contributed by atoms with Crippen LogP contribution in [0, 0.1) is 18.6 Å². The number of hydrogen-bond acceptors (Lipinski definition) is 2. The Morgan fingerprint density at radius 3 is 2.61 bits per heavy atom. The molecule has 0 spiro atoms. The maximum absolute atomic E-state index is 13.0. The minimum absolute atomic E-state index is 0.197. The summed E-state index contributed by atoms with van der Waals surface area (Å²) in [6, 6.07) is 5.16. The van der Waals surface area contributed by atoms with Gasteiger partial charge in [-0.3, -0.25) is 0 Å². The first kappa shape index (κ1) is 12.8. The van der Waals surface area contributed by atoms with Crippen molar-refractivity contribution in [1.29, 1.82) is 0 Å². The third-order valence-electron chi connectivity index (χ3n) is 2.35. The van der Waals surface area contributed by atoms with Gasteiger partial charge in [0.25, 0.3) is 0 Å². The van der Waals surface area contributed by atoms with Crippen molar-refractivity contribution >= 4 is 11.6 Å². The number of hydrogen-bond donors (Lipinski definition) is 0. The lowest BCUT2D eigenvalue weighted by atomic mass is 10.2. The minimum atomic E-state index is -0.956. The smallest absolute Gasteiger partial charge is 0.222 e. The van der Waals surface area contributed by atoms with E-state index in [0.717, 1.165) is 23.3 Å². The molecule has 94 valence electrons. The summed E-state index contributed by atoms with van der Waals surface area (Å²) in [5, 5.41) is 0. The molecule has 1 heterocycles. The SMILES string of the molecule is Cc1cc(CCl)cnc1Oc1ccc(F)c(F)c1.